The molecule has 120 valence electrons. The number of rotatable bonds is 1. The molecule has 2 aliphatic rings. The van der Waals surface area contributed by atoms with Crippen molar-refractivity contribution in [2.45, 2.75) is 69.5 Å². The molecule has 0 aliphatic carbocycles. The van der Waals surface area contributed by atoms with Crippen LogP contribution in [-0.4, -0.2) is 56.9 Å². The minimum atomic E-state index is -1.00. The molecular formula is C13H22N2O5S. The van der Waals surface area contributed by atoms with Crippen molar-refractivity contribution in [1.29, 1.82) is 0 Å². The molecule has 8 heteroatoms. The predicted octanol–water partition coefficient (Wildman–Crippen LogP) is 0.839. The number of alkyl carbamates (subject to hydrolysis) is 1. The second-order valence-corrected chi connectivity index (χ2v) is 7.19. The van der Waals surface area contributed by atoms with Gasteiger partial charge in [-0.3, -0.25) is 10.3 Å². The number of fused-ring (bicyclic) bond motifs is 1. The van der Waals surface area contributed by atoms with Crippen LogP contribution in [-0.2, 0) is 9.47 Å². The molecule has 0 aromatic heterocycles. The van der Waals surface area contributed by atoms with E-state index in [0.29, 0.717) is 11.6 Å². The number of carbonyl (C=O) groups is 1. The smallest absolute Gasteiger partial charge is 0.413 e. The van der Waals surface area contributed by atoms with Gasteiger partial charge in [0.15, 0.2) is 5.17 Å². The molecule has 0 spiro atoms. The number of carbonyl (C=O) groups excluding carboxylic acids is 1. The summed E-state index contributed by atoms with van der Waals surface area (Å²) in [5.41, 5.74) is -1.00. The molecule has 0 aromatic rings. The van der Waals surface area contributed by atoms with Crippen LogP contribution in [0.1, 0.15) is 34.1 Å². The van der Waals surface area contributed by atoms with E-state index < -0.39 is 41.5 Å². The number of thioether (sulfide) groups is 1. The van der Waals surface area contributed by atoms with Crippen molar-refractivity contribution in [1.82, 2.24) is 5.32 Å². The second kappa shape index (κ2) is 6.12. The number of aliphatic hydroxyl groups excluding tert-OH is 2. The highest BCUT2D eigenvalue weighted by Crippen LogP contribution is 2.36. The third-order valence-corrected chi connectivity index (χ3v) is 4.23. The van der Waals surface area contributed by atoms with Crippen LogP contribution in [0.5, 0.6) is 0 Å². The lowest BCUT2D eigenvalue weighted by Crippen LogP contribution is -2.54. The number of amides is 1. The molecule has 0 saturated carbocycles. The lowest BCUT2D eigenvalue weighted by molar-refractivity contribution is -0.153. The highest BCUT2D eigenvalue weighted by Gasteiger charge is 2.47. The monoisotopic (exact) mass is 318 g/mol. The average molecular weight is 318 g/mol. The number of nitrogens with zero attached hydrogens (tertiary/aromatic N) is 1. The van der Waals surface area contributed by atoms with Gasteiger partial charge in [0, 0.05) is 0 Å². The van der Waals surface area contributed by atoms with Gasteiger partial charge in [-0.1, -0.05) is 18.7 Å². The summed E-state index contributed by atoms with van der Waals surface area (Å²) >= 11 is 1.22. The van der Waals surface area contributed by atoms with Gasteiger partial charge in [-0.2, -0.15) is 0 Å². The summed E-state index contributed by atoms with van der Waals surface area (Å²) in [5.74, 6) is 0. The molecule has 2 rings (SSSR count). The molecule has 7 nitrogen and oxygen atoms in total. The Morgan fingerprint density at radius 3 is 2.67 bits per heavy atom. The Kier molecular flexibility index (Phi) is 4.82. The summed E-state index contributed by atoms with van der Waals surface area (Å²) in [5, 5.41) is 22.9. The van der Waals surface area contributed by atoms with Crippen molar-refractivity contribution >= 4 is 23.0 Å². The molecule has 5 atom stereocenters. The SMILES string of the molecule is CCC1OC2SC(NC(=O)OC(C)(C)C)=NC2C(O)C1O. The van der Waals surface area contributed by atoms with Crippen molar-refractivity contribution < 1.29 is 24.5 Å². The zero-order chi connectivity index (χ0) is 15.8. The fraction of sp³-hybridized carbons (Fsp3) is 0.846. The third-order valence-electron chi connectivity index (χ3n) is 3.17. The number of nitrogens with one attached hydrogen (secondary N) is 1. The van der Waals surface area contributed by atoms with E-state index in [1.54, 1.807) is 20.8 Å². The normalized spacial score (nSPS) is 35.9. The first-order valence-corrected chi connectivity index (χ1v) is 7.85. The van der Waals surface area contributed by atoms with Crippen LogP contribution in [0.3, 0.4) is 0 Å². The molecule has 1 saturated heterocycles. The molecule has 5 unspecified atom stereocenters. The summed E-state index contributed by atoms with van der Waals surface area (Å²) in [6.45, 7) is 7.18. The van der Waals surface area contributed by atoms with Gasteiger partial charge >= 0.3 is 6.09 Å². The Morgan fingerprint density at radius 1 is 1.43 bits per heavy atom. The first-order valence-electron chi connectivity index (χ1n) is 6.97. The van der Waals surface area contributed by atoms with Crippen molar-refractivity contribution in [3.8, 4) is 0 Å². The molecule has 1 amide bonds. The molecule has 0 radical (unpaired) electrons. The van der Waals surface area contributed by atoms with Crippen LogP contribution in [0, 0.1) is 0 Å². The van der Waals surface area contributed by atoms with Gasteiger partial charge in [-0.25, -0.2) is 4.79 Å². The van der Waals surface area contributed by atoms with Gasteiger partial charge in [0.2, 0.25) is 0 Å². The first kappa shape index (κ1) is 16.5. The van der Waals surface area contributed by atoms with Crippen molar-refractivity contribution in [2.75, 3.05) is 0 Å². The molecule has 0 bridgehead atoms. The highest BCUT2D eigenvalue weighted by atomic mass is 32.2. The fourth-order valence-corrected chi connectivity index (χ4v) is 3.32. The van der Waals surface area contributed by atoms with Crippen LogP contribution >= 0.6 is 11.8 Å². The predicted molar refractivity (Wildman–Crippen MR) is 79.1 cm³/mol. The minimum Gasteiger partial charge on any atom is -0.444 e. The van der Waals surface area contributed by atoms with E-state index in [2.05, 4.69) is 10.3 Å². The maximum absolute atomic E-state index is 11.7. The van der Waals surface area contributed by atoms with E-state index in [4.69, 9.17) is 9.47 Å². The van der Waals surface area contributed by atoms with Crippen molar-refractivity contribution in [3.05, 3.63) is 0 Å². The number of aliphatic imine (C=N–C) groups is 1. The number of amidine groups is 1. The highest BCUT2D eigenvalue weighted by molar-refractivity contribution is 8.14. The van der Waals surface area contributed by atoms with Crippen LogP contribution < -0.4 is 5.32 Å². The van der Waals surface area contributed by atoms with Crippen LogP contribution in [0.2, 0.25) is 0 Å². The lowest BCUT2D eigenvalue weighted by Gasteiger charge is -2.37. The Balaban J connectivity index is 1.99. The molecule has 2 heterocycles. The van der Waals surface area contributed by atoms with Gasteiger partial charge in [0.05, 0.1) is 6.10 Å². The quantitative estimate of drug-likeness (QED) is 0.662. The van der Waals surface area contributed by atoms with E-state index in [9.17, 15) is 15.0 Å². The molecule has 0 aromatic carbocycles. The molecule has 1 fully saturated rings. The van der Waals surface area contributed by atoms with Crippen LogP contribution in [0.4, 0.5) is 4.79 Å². The Bertz CT molecular complexity index is 437. The van der Waals surface area contributed by atoms with E-state index in [-0.39, 0.29) is 0 Å². The van der Waals surface area contributed by atoms with Crippen LogP contribution in [0.15, 0.2) is 4.99 Å². The van der Waals surface area contributed by atoms with Crippen molar-refractivity contribution in [3.63, 3.8) is 0 Å². The zero-order valence-electron chi connectivity index (χ0n) is 12.6. The van der Waals surface area contributed by atoms with Crippen LogP contribution in [0.25, 0.3) is 0 Å². The van der Waals surface area contributed by atoms with Gasteiger partial charge in [0.25, 0.3) is 0 Å². The Morgan fingerprint density at radius 2 is 2.10 bits per heavy atom. The minimum absolute atomic E-state index is 0.335. The molecule has 21 heavy (non-hydrogen) atoms. The molecular weight excluding hydrogens is 296 g/mol. The number of hydrogen-bond acceptors (Lipinski definition) is 7. The molecule has 2 aliphatic heterocycles. The van der Waals surface area contributed by atoms with Gasteiger partial charge in [0.1, 0.15) is 29.3 Å². The average Bonchev–Trinajstić information content (AvgIpc) is 2.74. The zero-order valence-corrected chi connectivity index (χ0v) is 13.4. The lowest BCUT2D eigenvalue weighted by atomic mass is 9.97. The topological polar surface area (TPSA) is 100 Å². The largest absolute Gasteiger partial charge is 0.444 e. The maximum atomic E-state index is 11.7. The number of hydrogen-bond donors (Lipinski definition) is 3. The van der Waals surface area contributed by atoms with E-state index in [1.807, 2.05) is 6.92 Å². The van der Waals surface area contributed by atoms with E-state index >= 15 is 0 Å². The molecule has 3 N–H and O–H groups in total. The Labute approximate surface area is 128 Å². The Hall–Kier alpha value is -0.830. The number of ether oxygens (including phenoxy) is 2. The summed E-state index contributed by atoms with van der Waals surface area (Å²) in [6.07, 6.45) is -2.41. The maximum Gasteiger partial charge on any atom is 0.413 e. The van der Waals surface area contributed by atoms with Crippen molar-refractivity contribution in [2.24, 2.45) is 4.99 Å². The summed E-state index contributed by atoms with van der Waals surface area (Å²) in [7, 11) is 0. The van der Waals surface area contributed by atoms with Gasteiger partial charge < -0.3 is 19.7 Å². The third kappa shape index (κ3) is 3.88. The van der Waals surface area contributed by atoms with Gasteiger partial charge in [-0.15, -0.1) is 0 Å². The summed E-state index contributed by atoms with van der Waals surface area (Å²) < 4.78 is 10.8. The summed E-state index contributed by atoms with van der Waals surface area (Å²) in [6, 6.07) is -0.585. The van der Waals surface area contributed by atoms with Gasteiger partial charge in [-0.05, 0) is 27.2 Å². The second-order valence-electron chi connectivity index (χ2n) is 6.10. The first-order chi connectivity index (χ1) is 9.71. The van der Waals surface area contributed by atoms with E-state index in [0.717, 1.165) is 0 Å². The number of aliphatic hydroxyl groups is 2. The summed E-state index contributed by atoms with van der Waals surface area (Å²) in [4.78, 5) is 15.9. The standard InChI is InChI=1S/C13H22N2O5S/c1-5-6-8(16)9(17)7-10(19-6)21-11(14-7)15-12(18)20-13(2,3)4/h6-10,16-17H,5H2,1-4H3,(H,14,15,18). The fourth-order valence-electron chi connectivity index (χ4n) is 2.22. The van der Waals surface area contributed by atoms with E-state index in [1.165, 1.54) is 11.8 Å².